The second-order valence-electron chi connectivity index (χ2n) is 5.24. The average molecular weight is 220 g/mol. The Labute approximate surface area is 99.5 Å². The Morgan fingerprint density at radius 1 is 1.12 bits per heavy atom. The zero-order valence-electron chi connectivity index (χ0n) is 10.8. The van der Waals surface area contributed by atoms with Crippen LogP contribution >= 0.6 is 0 Å². The first-order valence-corrected chi connectivity index (χ1v) is 6.31. The predicted octanol–water partition coefficient (Wildman–Crippen LogP) is 3.73. The molecular formula is C15H24O. The predicted molar refractivity (Wildman–Crippen MR) is 69.7 cm³/mol. The zero-order chi connectivity index (χ0) is 12.0. The quantitative estimate of drug-likeness (QED) is 0.774. The molecule has 90 valence electrons. The summed E-state index contributed by atoms with van der Waals surface area (Å²) in [5.41, 5.74) is 2.21. The Kier molecular flexibility index (Phi) is 5.01. The molecule has 1 aromatic carbocycles. The molecule has 0 bridgehead atoms. The summed E-state index contributed by atoms with van der Waals surface area (Å²) in [6.45, 7) is 5.96. The molecule has 0 unspecified atom stereocenters. The van der Waals surface area contributed by atoms with E-state index in [1.807, 2.05) is 13.8 Å². The van der Waals surface area contributed by atoms with Crippen molar-refractivity contribution in [2.45, 2.75) is 58.5 Å². The summed E-state index contributed by atoms with van der Waals surface area (Å²) in [6, 6.07) is 8.76. The van der Waals surface area contributed by atoms with Crippen LogP contribution in [0, 0.1) is 0 Å². The molecule has 0 radical (unpaired) electrons. The Bertz CT molecular complexity index is 309. The van der Waals surface area contributed by atoms with Crippen LogP contribution in [0.25, 0.3) is 0 Å². The van der Waals surface area contributed by atoms with Gasteiger partial charge >= 0.3 is 0 Å². The van der Waals surface area contributed by atoms with E-state index in [4.69, 9.17) is 0 Å². The van der Waals surface area contributed by atoms with Crippen molar-refractivity contribution in [2.24, 2.45) is 0 Å². The van der Waals surface area contributed by atoms with Gasteiger partial charge in [0.05, 0.1) is 5.60 Å². The van der Waals surface area contributed by atoms with E-state index in [0.717, 1.165) is 12.8 Å². The van der Waals surface area contributed by atoms with Crippen molar-refractivity contribution in [3.8, 4) is 0 Å². The minimum absolute atomic E-state index is 0.556. The number of unbranched alkanes of at least 4 members (excludes halogenated alkanes) is 1. The van der Waals surface area contributed by atoms with E-state index in [1.54, 1.807) is 0 Å². The van der Waals surface area contributed by atoms with Gasteiger partial charge in [-0.3, -0.25) is 0 Å². The Morgan fingerprint density at radius 3 is 2.31 bits per heavy atom. The third-order valence-corrected chi connectivity index (χ3v) is 2.84. The lowest BCUT2D eigenvalue weighted by molar-refractivity contribution is 0.0714. The maximum atomic E-state index is 9.69. The van der Waals surface area contributed by atoms with Crippen LogP contribution in [0.3, 0.4) is 0 Å². The number of hydrogen-bond donors (Lipinski definition) is 1. The first kappa shape index (κ1) is 13.2. The van der Waals surface area contributed by atoms with E-state index < -0.39 is 5.60 Å². The third kappa shape index (κ3) is 5.32. The number of rotatable bonds is 6. The van der Waals surface area contributed by atoms with Crippen molar-refractivity contribution in [1.29, 1.82) is 0 Å². The van der Waals surface area contributed by atoms with Crippen LogP contribution in [-0.4, -0.2) is 10.7 Å². The fourth-order valence-corrected chi connectivity index (χ4v) is 1.77. The molecule has 1 rings (SSSR count). The van der Waals surface area contributed by atoms with Gasteiger partial charge in [-0.05, 0) is 50.7 Å². The molecule has 0 fully saturated rings. The third-order valence-electron chi connectivity index (χ3n) is 2.84. The number of aliphatic hydroxyl groups is 1. The summed E-state index contributed by atoms with van der Waals surface area (Å²) in [5.74, 6) is 0. The summed E-state index contributed by atoms with van der Waals surface area (Å²) in [7, 11) is 0. The zero-order valence-corrected chi connectivity index (χ0v) is 10.8. The summed E-state index contributed by atoms with van der Waals surface area (Å²) < 4.78 is 0. The van der Waals surface area contributed by atoms with Crippen LogP contribution in [-0.2, 0) is 12.8 Å². The van der Waals surface area contributed by atoms with Gasteiger partial charge in [0.25, 0.3) is 0 Å². The molecule has 1 heteroatoms. The topological polar surface area (TPSA) is 20.2 Å². The second-order valence-corrected chi connectivity index (χ2v) is 5.24. The molecular weight excluding hydrogens is 196 g/mol. The SMILES string of the molecule is CCCCc1cccc(CCC(C)(C)O)c1. The maximum absolute atomic E-state index is 9.69. The molecule has 0 saturated heterocycles. The fourth-order valence-electron chi connectivity index (χ4n) is 1.77. The first-order valence-electron chi connectivity index (χ1n) is 6.31. The second kappa shape index (κ2) is 6.05. The standard InChI is InChI=1S/C15H24O/c1-4-5-7-13-8-6-9-14(12-13)10-11-15(2,3)16/h6,8-9,12,16H,4-5,7,10-11H2,1-3H3. The van der Waals surface area contributed by atoms with Crippen LogP contribution in [0.15, 0.2) is 24.3 Å². The van der Waals surface area contributed by atoms with Crippen LogP contribution in [0.1, 0.15) is 51.2 Å². The molecule has 0 spiro atoms. The number of benzene rings is 1. The van der Waals surface area contributed by atoms with E-state index in [2.05, 4.69) is 31.2 Å². The molecule has 0 saturated carbocycles. The Balaban J connectivity index is 2.53. The summed E-state index contributed by atoms with van der Waals surface area (Å²) >= 11 is 0. The van der Waals surface area contributed by atoms with Gasteiger partial charge in [-0.25, -0.2) is 0 Å². The van der Waals surface area contributed by atoms with Gasteiger partial charge in [0.2, 0.25) is 0 Å². The largest absolute Gasteiger partial charge is 0.390 e. The monoisotopic (exact) mass is 220 g/mol. The molecule has 0 aliphatic carbocycles. The molecule has 0 amide bonds. The van der Waals surface area contributed by atoms with E-state index in [-0.39, 0.29) is 0 Å². The minimum atomic E-state index is -0.556. The molecule has 0 aliphatic heterocycles. The van der Waals surface area contributed by atoms with Gasteiger partial charge in [-0.1, -0.05) is 37.6 Å². The lowest BCUT2D eigenvalue weighted by Gasteiger charge is -2.16. The van der Waals surface area contributed by atoms with Crippen molar-refractivity contribution >= 4 is 0 Å². The molecule has 0 aliphatic rings. The summed E-state index contributed by atoms with van der Waals surface area (Å²) in [5, 5.41) is 9.69. The Morgan fingerprint density at radius 2 is 1.75 bits per heavy atom. The van der Waals surface area contributed by atoms with Crippen LogP contribution in [0.2, 0.25) is 0 Å². The van der Waals surface area contributed by atoms with Gasteiger partial charge in [0, 0.05) is 0 Å². The van der Waals surface area contributed by atoms with Gasteiger partial charge in [-0.15, -0.1) is 0 Å². The highest BCUT2D eigenvalue weighted by molar-refractivity contribution is 5.23. The highest BCUT2D eigenvalue weighted by atomic mass is 16.3. The maximum Gasteiger partial charge on any atom is 0.0594 e. The average Bonchev–Trinajstić information content (AvgIpc) is 2.23. The molecule has 0 aromatic heterocycles. The molecule has 0 atom stereocenters. The molecule has 1 nitrogen and oxygen atoms in total. The number of hydrogen-bond acceptors (Lipinski definition) is 1. The van der Waals surface area contributed by atoms with Gasteiger partial charge in [0.15, 0.2) is 0 Å². The van der Waals surface area contributed by atoms with Gasteiger partial charge in [-0.2, -0.15) is 0 Å². The van der Waals surface area contributed by atoms with Crippen molar-refractivity contribution < 1.29 is 5.11 Å². The molecule has 1 N–H and O–H groups in total. The highest BCUT2D eigenvalue weighted by Crippen LogP contribution is 2.15. The lowest BCUT2D eigenvalue weighted by atomic mass is 9.97. The highest BCUT2D eigenvalue weighted by Gasteiger charge is 2.11. The van der Waals surface area contributed by atoms with Crippen molar-refractivity contribution in [1.82, 2.24) is 0 Å². The normalized spacial score (nSPS) is 11.8. The van der Waals surface area contributed by atoms with E-state index in [9.17, 15) is 5.11 Å². The van der Waals surface area contributed by atoms with Crippen molar-refractivity contribution in [3.05, 3.63) is 35.4 Å². The number of aryl methyl sites for hydroxylation is 2. The Hall–Kier alpha value is -0.820. The smallest absolute Gasteiger partial charge is 0.0594 e. The molecule has 0 heterocycles. The first-order chi connectivity index (χ1) is 7.51. The van der Waals surface area contributed by atoms with E-state index in [0.29, 0.717) is 0 Å². The van der Waals surface area contributed by atoms with Gasteiger partial charge in [0.1, 0.15) is 0 Å². The summed E-state index contributed by atoms with van der Waals surface area (Å²) in [6.07, 6.45) is 5.46. The van der Waals surface area contributed by atoms with Crippen LogP contribution < -0.4 is 0 Å². The van der Waals surface area contributed by atoms with Crippen molar-refractivity contribution in [3.63, 3.8) is 0 Å². The van der Waals surface area contributed by atoms with Crippen molar-refractivity contribution in [2.75, 3.05) is 0 Å². The minimum Gasteiger partial charge on any atom is -0.390 e. The fraction of sp³-hybridized carbons (Fsp3) is 0.600. The van der Waals surface area contributed by atoms with Crippen LogP contribution in [0.4, 0.5) is 0 Å². The molecule has 16 heavy (non-hydrogen) atoms. The van der Waals surface area contributed by atoms with Gasteiger partial charge < -0.3 is 5.11 Å². The lowest BCUT2D eigenvalue weighted by Crippen LogP contribution is -2.19. The van der Waals surface area contributed by atoms with Crippen LogP contribution in [0.5, 0.6) is 0 Å². The van der Waals surface area contributed by atoms with E-state index in [1.165, 1.54) is 30.4 Å². The summed E-state index contributed by atoms with van der Waals surface area (Å²) in [4.78, 5) is 0. The molecule has 1 aromatic rings. The van der Waals surface area contributed by atoms with E-state index >= 15 is 0 Å².